The molecule has 1 amide bonds. The largest absolute Gasteiger partial charge is 0.510 e. The Morgan fingerprint density at radius 3 is 2.28 bits per heavy atom. The molecular weight excluding hydrogens is 598 g/mol. The van der Waals surface area contributed by atoms with E-state index < -0.39 is 58.0 Å². The molecule has 0 aromatic heterocycles. The van der Waals surface area contributed by atoms with E-state index >= 15 is 0 Å². The molecule has 10 heteroatoms. The lowest BCUT2D eigenvalue weighted by Gasteiger charge is -2.50. The third kappa shape index (κ3) is 5.32. The van der Waals surface area contributed by atoms with Crippen LogP contribution in [0.15, 0.2) is 83.3 Å². The van der Waals surface area contributed by atoms with Crippen LogP contribution in [0.1, 0.15) is 39.0 Å². The number of carbonyl (C=O) groups is 3. The summed E-state index contributed by atoms with van der Waals surface area (Å²) in [5.41, 5.74) is 7.50. The quantitative estimate of drug-likeness (QED) is 0.160. The number of rotatable bonds is 8. The first kappa shape index (κ1) is 32.2. The molecule has 47 heavy (non-hydrogen) atoms. The van der Waals surface area contributed by atoms with Gasteiger partial charge in [-0.15, -0.1) is 0 Å². The highest BCUT2D eigenvalue weighted by Gasteiger charge is 2.63. The highest BCUT2D eigenvalue weighted by Crippen LogP contribution is 2.53. The predicted octanol–water partition coefficient (Wildman–Crippen LogP) is 3.43. The number of ketones is 2. The van der Waals surface area contributed by atoms with E-state index in [0.29, 0.717) is 12.1 Å². The average Bonchev–Trinajstić information content (AvgIpc) is 3.02. The van der Waals surface area contributed by atoms with E-state index in [9.17, 15) is 34.8 Å². The van der Waals surface area contributed by atoms with Crippen molar-refractivity contribution in [3.05, 3.63) is 111 Å². The zero-order chi connectivity index (χ0) is 33.8. The van der Waals surface area contributed by atoms with Crippen molar-refractivity contribution < 1.29 is 34.8 Å². The minimum Gasteiger partial charge on any atom is -0.510 e. The van der Waals surface area contributed by atoms with Crippen molar-refractivity contribution in [2.24, 2.45) is 17.6 Å². The second-order valence-corrected chi connectivity index (χ2v) is 13.1. The Kier molecular flexibility index (Phi) is 8.29. The van der Waals surface area contributed by atoms with Gasteiger partial charge in [0.05, 0.1) is 11.6 Å². The van der Waals surface area contributed by atoms with Gasteiger partial charge in [0.1, 0.15) is 22.8 Å². The number of likely N-dealkylation sites (N-methyl/N-ethyl adjacent to an activating group) is 1. The predicted molar refractivity (Wildman–Crippen MR) is 176 cm³/mol. The summed E-state index contributed by atoms with van der Waals surface area (Å²) in [6, 6.07) is 18.6. The lowest BCUT2D eigenvalue weighted by molar-refractivity contribution is -0.148. The molecule has 0 aliphatic heterocycles. The Bertz CT molecular complexity index is 1840. The number of phenolic OH excluding ortho intramolecular Hbond substituents is 1. The zero-order valence-corrected chi connectivity index (χ0v) is 26.6. The molecule has 3 aliphatic rings. The molecule has 0 fully saturated rings. The highest BCUT2D eigenvalue weighted by atomic mass is 16.3. The molecule has 3 aromatic rings. The van der Waals surface area contributed by atoms with Crippen molar-refractivity contribution in [1.82, 2.24) is 10.2 Å². The number of aryl methyl sites for hydroxylation is 1. The van der Waals surface area contributed by atoms with E-state index in [1.54, 1.807) is 20.2 Å². The fourth-order valence-electron chi connectivity index (χ4n) is 7.54. The first-order valence-electron chi connectivity index (χ1n) is 15.7. The smallest absolute Gasteiger partial charge is 0.255 e. The molecular formula is C37H39N3O7. The molecule has 0 spiro atoms. The van der Waals surface area contributed by atoms with Crippen LogP contribution in [0.5, 0.6) is 5.75 Å². The van der Waals surface area contributed by atoms with Gasteiger partial charge in [0.2, 0.25) is 5.78 Å². The van der Waals surface area contributed by atoms with E-state index in [4.69, 9.17) is 5.73 Å². The van der Waals surface area contributed by atoms with Gasteiger partial charge < -0.3 is 31.5 Å². The number of Topliss-reactive ketones (excluding diaryl/α,β-unsaturated/α-hetero) is 2. The number of allylic oxidation sites excluding steroid dienone is 1. The summed E-state index contributed by atoms with van der Waals surface area (Å²) in [7, 11) is 3.21. The topological polar surface area (TPSA) is 173 Å². The molecule has 0 saturated heterocycles. The number of nitrogens with one attached hydrogen (secondary N) is 1. The number of aliphatic hydroxyl groups is 3. The average molecular weight is 638 g/mol. The lowest BCUT2D eigenvalue weighted by Crippen LogP contribution is -2.63. The zero-order valence-electron chi connectivity index (χ0n) is 26.6. The molecule has 3 aliphatic carbocycles. The van der Waals surface area contributed by atoms with Crippen LogP contribution in [0.4, 0.5) is 0 Å². The third-order valence-electron chi connectivity index (χ3n) is 9.91. The van der Waals surface area contributed by atoms with Crippen molar-refractivity contribution in [1.29, 1.82) is 0 Å². The molecule has 0 radical (unpaired) electrons. The van der Waals surface area contributed by atoms with Gasteiger partial charge in [0, 0.05) is 18.0 Å². The number of primary amides is 1. The second-order valence-electron chi connectivity index (χ2n) is 13.1. The Morgan fingerprint density at radius 1 is 0.979 bits per heavy atom. The molecule has 0 saturated carbocycles. The number of aliphatic hydroxyl groups excluding tert-OH is 2. The molecule has 6 rings (SSSR count). The second kappa shape index (κ2) is 12.1. The number of aromatic hydroxyl groups is 1. The summed E-state index contributed by atoms with van der Waals surface area (Å²) in [5.74, 6) is -6.68. The van der Waals surface area contributed by atoms with Crippen LogP contribution in [0.25, 0.3) is 11.1 Å². The van der Waals surface area contributed by atoms with Crippen molar-refractivity contribution >= 4 is 17.5 Å². The fraction of sp³-hybridized carbons (Fsp3) is 0.324. The van der Waals surface area contributed by atoms with Crippen molar-refractivity contribution in [2.75, 3.05) is 20.6 Å². The van der Waals surface area contributed by atoms with Crippen molar-refractivity contribution in [3.63, 3.8) is 0 Å². The van der Waals surface area contributed by atoms with Crippen LogP contribution in [-0.2, 0) is 29.0 Å². The molecule has 244 valence electrons. The molecule has 3 aromatic carbocycles. The van der Waals surface area contributed by atoms with E-state index in [-0.39, 0.29) is 29.7 Å². The number of nitrogens with zero attached hydrogens (tertiary/aromatic N) is 1. The summed E-state index contributed by atoms with van der Waals surface area (Å²) >= 11 is 0. The number of hydrogen-bond donors (Lipinski definition) is 6. The first-order valence-corrected chi connectivity index (χ1v) is 15.7. The Morgan fingerprint density at radius 2 is 1.64 bits per heavy atom. The normalized spacial score (nSPS) is 23.9. The molecule has 7 N–H and O–H groups in total. The summed E-state index contributed by atoms with van der Waals surface area (Å²) in [5, 5.41) is 48.6. The van der Waals surface area contributed by atoms with Gasteiger partial charge in [-0.3, -0.25) is 19.3 Å². The van der Waals surface area contributed by atoms with Gasteiger partial charge in [0.15, 0.2) is 11.4 Å². The van der Waals surface area contributed by atoms with Crippen LogP contribution in [0.2, 0.25) is 0 Å². The molecule has 4 unspecified atom stereocenters. The number of nitrogens with two attached hydrogens (primary N) is 1. The van der Waals surface area contributed by atoms with Crippen LogP contribution < -0.4 is 11.1 Å². The highest BCUT2D eigenvalue weighted by molar-refractivity contribution is 6.24. The number of phenols is 1. The third-order valence-corrected chi connectivity index (χ3v) is 9.91. The van der Waals surface area contributed by atoms with Gasteiger partial charge in [-0.1, -0.05) is 60.2 Å². The summed E-state index contributed by atoms with van der Waals surface area (Å²) in [4.78, 5) is 41.2. The van der Waals surface area contributed by atoms with Gasteiger partial charge >= 0.3 is 0 Å². The maximum absolute atomic E-state index is 14.0. The monoisotopic (exact) mass is 637 g/mol. The maximum Gasteiger partial charge on any atom is 0.255 e. The Hall–Kier alpha value is -4.77. The van der Waals surface area contributed by atoms with Crippen LogP contribution in [0.3, 0.4) is 0 Å². The number of benzene rings is 3. The number of carbonyl (C=O) groups excluding carboxylic acids is 3. The van der Waals surface area contributed by atoms with Crippen molar-refractivity contribution in [2.45, 2.75) is 44.4 Å². The number of fused-ring (bicyclic) bond motifs is 3. The molecule has 0 heterocycles. The molecule has 0 bridgehead atoms. The minimum absolute atomic E-state index is 0.00914. The van der Waals surface area contributed by atoms with E-state index in [0.717, 1.165) is 29.7 Å². The summed E-state index contributed by atoms with van der Waals surface area (Å²) in [6.07, 6.45) is 1.18. The number of amides is 1. The Labute approximate surface area is 272 Å². The van der Waals surface area contributed by atoms with Gasteiger partial charge in [-0.25, -0.2) is 0 Å². The van der Waals surface area contributed by atoms with E-state index in [1.807, 2.05) is 24.3 Å². The number of hydrogen-bond acceptors (Lipinski definition) is 9. The lowest BCUT2D eigenvalue weighted by atomic mass is 9.58. The fourth-order valence-corrected chi connectivity index (χ4v) is 7.54. The first-order chi connectivity index (χ1) is 22.3. The molecule has 10 nitrogen and oxygen atoms in total. The van der Waals surface area contributed by atoms with Crippen LogP contribution >= 0.6 is 0 Å². The van der Waals surface area contributed by atoms with Gasteiger partial charge in [-0.05, 0) is 86.6 Å². The molecule has 4 atom stereocenters. The summed E-state index contributed by atoms with van der Waals surface area (Å²) in [6.45, 7) is 3.58. The van der Waals surface area contributed by atoms with E-state index in [2.05, 4.69) is 36.5 Å². The van der Waals surface area contributed by atoms with E-state index in [1.165, 1.54) is 22.1 Å². The van der Waals surface area contributed by atoms with Crippen molar-refractivity contribution in [3.8, 4) is 16.9 Å². The van der Waals surface area contributed by atoms with Crippen LogP contribution in [-0.4, -0.2) is 75.1 Å². The van der Waals surface area contributed by atoms with Crippen LogP contribution in [0, 0.1) is 18.8 Å². The minimum atomic E-state index is -2.66. The Balaban J connectivity index is 1.30. The van der Waals surface area contributed by atoms with Gasteiger partial charge in [0.25, 0.3) is 5.91 Å². The van der Waals surface area contributed by atoms with Gasteiger partial charge in [-0.2, -0.15) is 0 Å². The summed E-state index contributed by atoms with van der Waals surface area (Å²) < 4.78 is 0. The standard InChI is InChI=1S/C37H39N3O7/c1-19-4-6-20(7-5-19)14-15-39-18-21-8-10-22(11-9-21)24-12-13-27(41)29-25(24)16-23-17-26-31(40(2)3)33(43)30(36(38)46)35(45)37(26,47)34(44)28(23)32(29)42/h4-13,23,26,31,39,41,43-44,47H,14-18H2,1-3H3,(H2,38,46). The SMILES string of the molecule is Cc1ccc(CCNCc2ccc(-c3ccc(O)c4c3CC3CC5C(N(C)C)C(O)=C(C(N)=O)C(=O)C5(O)C(O)=C3C4=O)cc2)cc1. The maximum atomic E-state index is 14.0.